The van der Waals surface area contributed by atoms with E-state index in [4.69, 9.17) is 0 Å². The number of rotatable bonds is 5. The van der Waals surface area contributed by atoms with Gasteiger partial charge in [0.25, 0.3) is 0 Å². The van der Waals surface area contributed by atoms with Crippen LogP contribution in [0.1, 0.15) is 11.1 Å². The number of piperazine rings is 1. The van der Waals surface area contributed by atoms with Crippen molar-refractivity contribution in [1.82, 2.24) is 15.2 Å². The summed E-state index contributed by atoms with van der Waals surface area (Å²) in [7, 11) is 0. The number of aromatic nitrogens is 3. The number of hydrogen-bond acceptors (Lipinski definition) is 6. The number of aryl methyl sites for hydroxylation is 1. The number of benzene rings is 2. The molecular weight excluding hydrogens is 355 g/mol. The molecule has 0 amide bonds. The number of nitrogens with one attached hydrogen (secondary N) is 1. The van der Waals surface area contributed by atoms with Crippen LogP contribution in [0.5, 0.6) is 0 Å². The molecule has 0 radical (unpaired) electrons. The van der Waals surface area contributed by atoms with Crippen molar-refractivity contribution in [3.8, 4) is 0 Å². The molecular formula is C21H23FN6. The Kier molecular flexibility index (Phi) is 5.32. The van der Waals surface area contributed by atoms with Crippen LogP contribution in [0.4, 0.5) is 21.8 Å². The van der Waals surface area contributed by atoms with Crippen LogP contribution < -0.4 is 15.1 Å². The molecule has 2 aromatic carbocycles. The summed E-state index contributed by atoms with van der Waals surface area (Å²) in [5, 5.41) is 11.5. The molecule has 0 saturated carbocycles. The molecule has 144 valence electrons. The minimum absolute atomic E-state index is 0.237. The zero-order valence-corrected chi connectivity index (χ0v) is 15.8. The fourth-order valence-corrected chi connectivity index (χ4v) is 3.30. The summed E-state index contributed by atoms with van der Waals surface area (Å²) in [6, 6.07) is 15.0. The van der Waals surface area contributed by atoms with Crippen molar-refractivity contribution < 1.29 is 4.39 Å². The third-order valence-electron chi connectivity index (χ3n) is 4.86. The monoisotopic (exact) mass is 378 g/mol. The smallest absolute Gasteiger partial charge is 0.247 e. The maximum Gasteiger partial charge on any atom is 0.247 e. The van der Waals surface area contributed by atoms with Crippen molar-refractivity contribution in [2.75, 3.05) is 41.3 Å². The largest absolute Gasteiger partial charge is 0.368 e. The van der Waals surface area contributed by atoms with Crippen molar-refractivity contribution >= 4 is 17.5 Å². The quantitative estimate of drug-likeness (QED) is 0.736. The molecule has 1 saturated heterocycles. The standard InChI is InChI=1S/C21H23FN6/c1-16-3-2-4-19(13-16)27-9-11-28(12-10-27)21-25-20(15-24-26-21)23-14-17-5-7-18(22)8-6-17/h2-8,13,15H,9-12,14H2,1H3,(H,23,25,26). The number of anilines is 3. The van der Waals surface area contributed by atoms with E-state index in [9.17, 15) is 4.39 Å². The van der Waals surface area contributed by atoms with Crippen LogP contribution in [0.2, 0.25) is 0 Å². The molecule has 6 nitrogen and oxygen atoms in total. The van der Waals surface area contributed by atoms with Gasteiger partial charge in [0.1, 0.15) is 5.82 Å². The number of hydrogen-bond donors (Lipinski definition) is 1. The summed E-state index contributed by atoms with van der Waals surface area (Å²) < 4.78 is 13.0. The molecule has 0 atom stereocenters. The van der Waals surface area contributed by atoms with Gasteiger partial charge in [-0.05, 0) is 42.3 Å². The Morgan fingerprint density at radius 1 is 1.00 bits per heavy atom. The van der Waals surface area contributed by atoms with E-state index in [1.165, 1.54) is 23.4 Å². The lowest BCUT2D eigenvalue weighted by Crippen LogP contribution is -2.47. The molecule has 4 rings (SSSR count). The van der Waals surface area contributed by atoms with Crippen LogP contribution in [0.15, 0.2) is 54.7 Å². The van der Waals surface area contributed by atoms with E-state index in [0.29, 0.717) is 18.3 Å². The Bertz CT molecular complexity index is 922. The second kappa shape index (κ2) is 8.21. The zero-order valence-electron chi connectivity index (χ0n) is 15.8. The van der Waals surface area contributed by atoms with Crippen LogP contribution in [-0.4, -0.2) is 41.4 Å². The molecule has 7 heteroatoms. The molecule has 0 aliphatic carbocycles. The van der Waals surface area contributed by atoms with E-state index < -0.39 is 0 Å². The van der Waals surface area contributed by atoms with Crippen LogP contribution >= 0.6 is 0 Å². The highest BCUT2D eigenvalue weighted by atomic mass is 19.1. The van der Waals surface area contributed by atoms with Gasteiger partial charge in [0.05, 0.1) is 6.20 Å². The minimum atomic E-state index is -0.237. The lowest BCUT2D eigenvalue weighted by atomic mass is 10.2. The lowest BCUT2D eigenvalue weighted by Gasteiger charge is -2.36. The van der Waals surface area contributed by atoms with Crippen LogP contribution in [0.25, 0.3) is 0 Å². The average molecular weight is 378 g/mol. The maximum atomic E-state index is 13.0. The summed E-state index contributed by atoms with van der Waals surface area (Å²) in [6.07, 6.45) is 1.61. The third kappa shape index (κ3) is 4.36. The normalized spacial score (nSPS) is 14.2. The lowest BCUT2D eigenvalue weighted by molar-refractivity contribution is 0.627. The van der Waals surface area contributed by atoms with Crippen molar-refractivity contribution in [1.29, 1.82) is 0 Å². The molecule has 0 bridgehead atoms. The fourth-order valence-electron chi connectivity index (χ4n) is 3.30. The van der Waals surface area contributed by atoms with Gasteiger partial charge in [0.2, 0.25) is 5.95 Å². The van der Waals surface area contributed by atoms with Gasteiger partial charge in [0.15, 0.2) is 5.82 Å². The van der Waals surface area contributed by atoms with Gasteiger partial charge in [-0.25, -0.2) is 4.39 Å². The number of halogens is 1. The maximum absolute atomic E-state index is 13.0. The molecule has 3 aromatic rings. The predicted octanol–water partition coefficient (Wildman–Crippen LogP) is 3.26. The van der Waals surface area contributed by atoms with E-state index in [-0.39, 0.29) is 5.82 Å². The summed E-state index contributed by atoms with van der Waals surface area (Å²) in [5.74, 6) is 1.06. The van der Waals surface area contributed by atoms with E-state index in [2.05, 4.69) is 61.5 Å². The first-order valence-corrected chi connectivity index (χ1v) is 9.42. The van der Waals surface area contributed by atoms with E-state index >= 15 is 0 Å². The average Bonchev–Trinajstić information content (AvgIpc) is 2.74. The molecule has 28 heavy (non-hydrogen) atoms. The second-order valence-corrected chi connectivity index (χ2v) is 6.93. The molecule has 0 unspecified atom stereocenters. The molecule has 0 spiro atoms. The first-order valence-electron chi connectivity index (χ1n) is 9.42. The summed E-state index contributed by atoms with van der Waals surface area (Å²) in [4.78, 5) is 9.13. The molecule has 1 N–H and O–H groups in total. The van der Waals surface area contributed by atoms with Crippen molar-refractivity contribution in [3.05, 3.63) is 71.7 Å². The van der Waals surface area contributed by atoms with Gasteiger partial charge in [-0.2, -0.15) is 10.1 Å². The fraction of sp³-hybridized carbons (Fsp3) is 0.286. The Morgan fingerprint density at radius 3 is 2.50 bits per heavy atom. The first kappa shape index (κ1) is 18.2. The summed E-state index contributed by atoms with van der Waals surface area (Å²) in [5.41, 5.74) is 3.51. The summed E-state index contributed by atoms with van der Waals surface area (Å²) >= 11 is 0. The first-order chi connectivity index (χ1) is 13.7. The van der Waals surface area contributed by atoms with Crippen molar-refractivity contribution in [3.63, 3.8) is 0 Å². The van der Waals surface area contributed by atoms with Gasteiger partial charge in [-0.3, -0.25) is 0 Å². The Balaban J connectivity index is 1.36. The highest BCUT2D eigenvalue weighted by molar-refractivity contribution is 5.50. The van der Waals surface area contributed by atoms with Crippen LogP contribution in [0, 0.1) is 12.7 Å². The van der Waals surface area contributed by atoms with Crippen LogP contribution in [-0.2, 0) is 6.54 Å². The minimum Gasteiger partial charge on any atom is -0.368 e. The van der Waals surface area contributed by atoms with Crippen molar-refractivity contribution in [2.45, 2.75) is 13.5 Å². The van der Waals surface area contributed by atoms with Crippen molar-refractivity contribution in [2.24, 2.45) is 0 Å². The van der Waals surface area contributed by atoms with Gasteiger partial charge >= 0.3 is 0 Å². The Morgan fingerprint density at radius 2 is 1.75 bits per heavy atom. The molecule has 1 fully saturated rings. The predicted molar refractivity (Wildman–Crippen MR) is 109 cm³/mol. The molecule has 1 aromatic heterocycles. The highest BCUT2D eigenvalue weighted by Gasteiger charge is 2.20. The Labute approximate surface area is 164 Å². The van der Waals surface area contributed by atoms with Gasteiger partial charge in [-0.15, -0.1) is 5.10 Å². The van der Waals surface area contributed by atoms with E-state index in [1.54, 1.807) is 18.3 Å². The van der Waals surface area contributed by atoms with E-state index in [1.807, 2.05) is 0 Å². The molecule has 1 aliphatic heterocycles. The second-order valence-electron chi connectivity index (χ2n) is 6.93. The SMILES string of the molecule is Cc1cccc(N2CCN(c3nncc(NCc4ccc(F)cc4)n3)CC2)c1. The van der Waals surface area contributed by atoms with E-state index in [0.717, 1.165) is 31.7 Å². The zero-order chi connectivity index (χ0) is 19.3. The molecule has 2 heterocycles. The topological polar surface area (TPSA) is 57.2 Å². The Hall–Kier alpha value is -3.22. The highest BCUT2D eigenvalue weighted by Crippen LogP contribution is 2.20. The third-order valence-corrected chi connectivity index (χ3v) is 4.86. The van der Waals surface area contributed by atoms with Crippen LogP contribution in [0.3, 0.4) is 0 Å². The van der Waals surface area contributed by atoms with Gasteiger partial charge in [-0.1, -0.05) is 24.3 Å². The number of nitrogens with zero attached hydrogens (tertiary/aromatic N) is 5. The van der Waals surface area contributed by atoms with Gasteiger partial charge in [0, 0.05) is 38.4 Å². The van der Waals surface area contributed by atoms with Gasteiger partial charge < -0.3 is 15.1 Å². The summed E-state index contributed by atoms with van der Waals surface area (Å²) in [6.45, 7) is 6.19. The molecule has 1 aliphatic rings.